The van der Waals surface area contributed by atoms with Gasteiger partial charge in [-0.15, -0.1) is 0 Å². The lowest BCUT2D eigenvalue weighted by Crippen LogP contribution is -2.41. The molecule has 2 amide bonds. The smallest absolute Gasteiger partial charge is 0.262 e. The summed E-state index contributed by atoms with van der Waals surface area (Å²) in [7, 11) is 1.59. The van der Waals surface area contributed by atoms with Crippen molar-refractivity contribution in [3.05, 3.63) is 83.9 Å². The summed E-state index contributed by atoms with van der Waals surface area (Å²) in [6, 6.07) is 21.0. The van der Waals surface area contributed by atoms with Gasteiger partial charge in [0.2, 0.25) is 5.91 Å². The number of amides is 2. The van der Waals surface area contributed by atoms with Gasteiger partial charge in [0.05, 0.1) is 13.5 Å². The minimum atomic E-state index is -0.397. The van der Waals surface area contributed by atoms with Gasteiger partial charge in [-0.1, -0.05) is 54.6 Å². The molecule has 0 aliphatic carbocycles. The van der Waals surface area contributed by atoms with Gasteiger partial charge in [0.15, 0.2) is 0 Å². The highest BCUT2D eigenvalue weighted by molar-refractivity contribution is 5.97. The topological polar surface area (TPSA) is 67.4 Å². The van der Waals surface area contributed by atoms with Crippen LogP contribution in [0.4, 0.5) is 0 Å². The van der Waals surface area contributed by atoms with E-state index in [0.717, 1.165) is 27.6 Å². The van der Waals surface area contributed by atoms with Gasteiger partial charge in [0.1, 0.15) is 5.75 Å². The van der Waals surface area contributed by atoms with Gasteiger partial charge in [0.25, 0.3) is 5.91 Å². The van der Waals surface area contributed by atoms with Gasteiger partial charge in [-0.2, -0.15) is 0 Å². The third-order valence-electron chi connectivity index (χ3n) is 4.09. The average Bonchev–Trinajstić information content (AvgIpc) is 2.71. The van der Waals surface area contributed by atoms with E-state index in [2.05, 4.69) is 10.9 Å². The lowest BCUT2D eigenvalue weighted by molar-refractivity contribution is -0.126. The molecule has 0 spiro atoms. The number of hydrazine groups is 1. The molecule has 136 valence electrons. The molecule has 0 unspecified atom stereocenters. The van der Waals surface area contributed by atoms with Crippen molar-refractivity contribution in [1.29, 1.82) is 0 Å². The van der Waals surface area contributed by atoms with E-state index in [0.29, 0.717) is 0 Å². The van der Waals surface area contributed by atoms with Gasteiger partial charge < -0.3 is 4.74 Å². The highest BCUT2D eigenvalue weighted by atomic mass is 16.5. The Kier molecular flexibility index (Phi) is 5.84. The molecular formula is C22H20N2O3. The Morgan fingerprint density at radius 1 is 0.926 bits per heavy atom. The third kappa shape index (κ3) is 4.95. The van der Waals surface area contributed by atoms with Crippen LogP contribution < -0.4 is 15.6 Å². The Morgan fingerprint density at radius 3 is 2.44 bits per heavy atom. The van der Waals surface area contributed by atoms with Crippen molar-refractivity contribution in [1.82, 2.24) is 10.9 Å². The summed E-state index contributed by atoms with van der Waals surface area (Å²) in [6.07, 6.45) is 3.29. The zero-order chi connectivity index (χ0) is 19.1. The number of fused-ring (bicyclic) bond motifs is 1. The Hall–Kier alpha value is -3.60. The molecule has 5 nitrogen and oxygen atoms in total. The number of carbonyl (C=O) groups excluding carboxylic acids is 2. The molecule has 0 bridgehead atoms. The van der Waals surface area contributed by atoms with Crippen molar-refractivity contribution >= 4 is 28.7 Å². The fraction of sp³-hybridized carbons (Fsp3) is 0.0909. The molecule has 3 rings (SSSR count). The van der Waals surface area contributed by atoms with Gasteiger partial charge in [-0.3, -0.25) is 20.4 Å². The van der Waals surface area contributed by atoms with Crippen LogP contribution >= 0.6 is 0 Å². The van der Waals surface area contributed by atoms with Crippen LogP contribution in [0.2, 0.25) is 0 Å². The summed E-state index contributed by atoms with van der Waals surface area (Å²) >= 11 is 0. The van der Waals surface area contributed by atoms with Crippen molar-refractivity contribution in [2.75, 3.05) is 7.11 Å². The summed E-state index contributed by atoms with van der Waals surface area (Å²) in [5.74, 6) is 0.0316. The molecule has 0 fully saturated rings. The van der Waals surface area contributed by atoms with Crippen LogP contribution in [0, 0.1) is 0 Å². The van der Waals surface area contributed by atoms with Crippen LogP contribution in [0.1, 0.15) is 11.1 Å². The second-order valence-electron chi connectivity index (χ2n) is 5.96. The zero-order valence-corrected chi connectivity index (χ0v) is 14.9. The summed E-state index contributed by atoms with van der Waals surface area (Å²) < 4.78 is 5.08. The number of ether oxygens (including phenoxy) is 1. The number of rotatable bonds is 5. The fourth-order valence-corrected chi connectivity index (χ4v) is 2.71. The first-order valence-corrected chi connectivity index (χ1v) is 8.53. The molecule has 0 radical (unpaired) electrons. The Bertz CT molecular complexity index is 973. The Morgan fingerprint density at radius 2 is 1.67 bits per heavy atom. The minimum Gasteiger partial charge on any atom is -0.497 e. The summed E-state index contributed by atoms with van der Waals surface area (Å²) in [6.45, 7) is 0. The largest absolute Gasteiger partial charge is 0.497 e. The predicted octanol–water partition coefficient (Wildman–Crippen LogP) is 3.25. The van der Waals surface area contributed by atoms with E-state index < -0.39 is 5.91 Å². The van der Waals surface area contributed by atoms with E-state index in [4.69, 9.17) is 4.74 Å². The summed E-state index contributed by atoms with van der Waals surface area (Å²) in [4.78, 5) is 23.9. The van der Waals surface area contributed by atoms with Crippen LogP contribution in [0.15, 0.2) is 72.8 Å². The molecule has 3 aromatic rings. The SMILES string of the molecule is COc1ccc(CC(=O)NNC(=O)C=Cc2cccc3ccccc23)cc1. The van der Waals surface area contributed by atoms with E-state index in [-0.39, 0.29) is 12.3 Å². The maximum atomic E-state index is 12.0. The van der Waals surface area contributed by atoms with Crippen molar-refractivity contribution in [2.24, 2.45) is 0 Å². The second kappa shape index (κ2) is 8.67. The third-order valence-corrected chi connectivity index (χ3v) is 4.09. The quantitative estimate of drug-likeness (QED) is 0.542. The molecule has 0 saturated carbocycles. The number of hydrogen-bond donors (Lipinski definition) is 2. The normalized spacial score (nSPS) is 10.7. The van der Waals surface area contributed by atoms with E-state index in [1.54, 1.807) is 37.5 Å². The second-order valence-corrected chi connectivity index (χ2v) is 5.96. The van der Waals surface area contributed by atoms with E-state index >= 15 is 0 Å². The molecule has 3 aromatic carbocycles. The van der Waals surface area contributed by atoms with Gasteiger partial charge >= 0.3 is 0 Å². The molecule has 0 heterocycles. The van der Waals surface area contributed by atoms with Crippen molar-refractivity contribution in [2.45, 2.75) is 6.42 Å². The number of hydrogen-bond acceptors (Lipinski definition) is 3. The molecule has 0 aliphatic rings. The minimum absolute atomic E-state index is 0.164. The predicted molar refractivity (Wildman–Crippen MR) is 106 cm³/mol. The van der Waals surface area contributed by atoms with E-state index in [1.807, 2.05) is 42.5 Å². The maximum Gasteiger partial charge on any atom is 0.262 e. The average molecular weight is 360 g/mol. The van der Waals surface area contributed by atoms with Crippen molar-refractivity contribution < 1.29 is 14.3 Å². The van der Waals surface area contributed by atoms with Crippen LogP contribution in [0.3, 0.4) is 0 Å². The zero-order valence-electron chi connectivity index (χ0n) is 14.9. The highest BCUT2D eigenvalue weighted by Crippen LogP contribution is 2.19. The number of benzene rings is 3. The first-order valence-electron chi connectivity index (χ1n) is 8.53. The Balaban J connectivity index is 1.54. The van der Waals surface area contributed by atoms with Crippen LogP contribution in [-0.4, -0.2) is 18.9 Å². The molecule has 2 N–H and O–H groups in total. The molecule has 0 aliphatic heterocycles. The van der Waals surface area contributed by atoms with Crippen molar-refractivity contribution in [3.63, 3.8) is 0 Å². The van der Waals surface area contributed by atoms with Crippen LogP contribution in [-0.2, 0) is 16.0 Å². The number of carbonyl (C=O) groups is 2. The van der Waals surface area contributed by atoms with Crippen LogP contribution in [0.5, 0.6) is 5.75 Å². The lowest BCUT2D eigenvalue weighted by atomic mass is 10.0. The fourth-order valence-electron chi connectivity index (χ4n) is 2.71. The monoisotopic (exact) mass is 360 g/mol. The molecule has 0 saturated heterocycles. The molecule has 0 aromatic heterocycles. The van der Waals surface area contributed by atoms with E-state index in [1.165, 1.54) is 6.08 Å². The van der Waals surface area contributed by atoms with E-state index in [9.17, 15) is 9.59 Å². The lowest BCUT2D eigenvalue weighted by Gasteiger charge is -2.06. The first kappa shape index (κ1) is 18.2. The maximum absolute atomic E-state index is 12.0. The van der Waals surface area contributed by atoms with Crippen molar-refractivity contribution in [3.8, 4) is 5.75 Å². The standard InChI is InChI=1S/C22H20N2O3/c1-27-19-12-9-16(10-13-19)15-22(26)24-23-21(25)14-11-18-7-4-6-17-5-2-3-8-20(17)18/h2-14H,15H2,1H3,(H,23,25)(H,24,26). The number of nitrogens with one attached hydrogen (secondary N) is 2. The van der Waals surface area contributed by atoms with Gasteiger partial charge in [-0.05, 0) is 40.1 Å². The van der Waals surface area contributed by atoms with Crippen LogP contribution in [0.25, 0.3) is 16.8 Å². The molecule has 27 heavy (non-hydrogen) atoms. The van der Waals surface area contributed by atoms with Gasteiger partial charge in [-0.25, -0.2) is 0 Å². The molecule has 0 atom stereocenters. The highest BCUT2D eigenvalue weighted by Gasteiger charge is 2.05. The first-order chi connectivity index (χ1) is 13.2. The van der Waals surface area contributed by atoms with Gasteiger partial charge in [0, 0.05) is 6.08 Å². The summed E-state index contributed by atoms with van der Waals surface area (Å²) in [5.41, 5.74) is 6.57. The summed E-state index contributed by atoms with van der Waals surface area (Å²) in [5, 5.41) is 2.17. The molecule has 5 heteroatoms. The number of methoxy groups -OCH3 is 1. The molecular weight excluding hydrogens is 340 g/mol. The Labute approximate surface area is 157 Å².